The lowest BCUT2D eigenvalue weighted by atomic mass is 10.2. The Morgan fingerprint density at radius 2 is 1.79 bits per heavy atom. The molecule has 7 heteroatoms. The van der Waals surface area contributed by atoms with Gasteiger partial charge in [0.1, 0.15) is 0 Å². The van der Waals surface area contributed by atoms with Crippen LogP contribution in [0.4, 0.5) is 0 Å². The van der Waals surface area contributed by atoms with Gasteiger partial charge in [-0.05, 0) is 29.3 Å². The zero-order valence-electron chi connectivity index (χ0n) is 15.6. The largest absolute Gasteiger partial charge is 0.415 e. The summed E-state index contributed by atoms with van der Waals surface area (Å²) in [5, 5.41) is 0.845. The molecule has 0 saturated heterocycles. The molecule has 1 aromatic rings. The summed E-state index contributed by atoms with van der Waals surface area (Å²) in [5.41, 5.74) is 1.88. The Hall–Kier alpha value is -0.213. The van der Waals surface area contributed by atoms with Crippen LogP contribution in [-0.4, -0.2) is 41.2 Å². The summed E-state index contributed by atoms with van der Waals surface area (Å²) in [6.45, 7) is 11.7. The first-order valence-electron chi connectivity index (χ1n) is 8.11. The van der Waals surface area contributed by atoms with Crippen molar-refractivity contribution >= 4 is 34.3 Å². The third-order valence-corrected chi connectivity index (χ3v) is 11.7. The van der Waals surface area contributed by atoms with E-state index < -0.39 is 18.3 Å². The molecule has 4 nitrogen and oxygen atoms in total. The predicted octanol–water partition coefficient (Wildman–Crippen LogP) is 4.36. The smallest absolute Gasteiger partial charge is 0.218 e. The number of alkyl halides is 1. The zero-order valence-corrected chi connectivity index (χ0v) is 19.0. The van der Waals surface area contributed by atoms with Crippen molar-refractivity contribution in [1.82, 2.24) is 4.31 Å². The molecule has 0 aromatic heterocycles. The van der Waals surface area contributed by atoms with Crippen LogP contribution in [0, 0.1) is 0 Å². The molecule has 0 aliphatic heterocycles. The molecule has 1 rings (SSSR count). The van der Waals surface area contributed by atoms with Gasteiger partial charge in [-0.1, -0.05) is 61.0 Å². The summed E-state index contributed by atoms with van der Waals surface area (Å²) in [6.07, 6.45) is 0. The Morgan fingerprint density at radius 3 is 2.33 bits per heavy atom. The van der Waals surface area contributed by atoms with Crippen LogP contribution in [0.1, 0.15) is 31.9 Å². The number of halogens is 1. The highest BCUT2D eigenvalue weighted by Gasteiger charge is 2.37. The van der Waals surface area contributed by atoms with E-state index in [1.165, 1.54) is 4.31 Å². The fraction of sp³-hybridized carbons (Fsp3) is 0.647. The van der Waals surface area contributed by atoms with Crippen LogP contribution in [-0.2, 0) is 25.5 Å². The molecule has 0 fully saturated rings. The molecule has 0 unspecified atom stereocenters. The van der Waals surface area contributed by atoms with Gasteiger partial charge in [0.15, 0.2) is 8.32 Å². The van der Waals surface area contributed by atoms with E-state index in [0.29, 0.717) is 13.2 Å². The molecule has 0 aliphatic rings. The van der Waals surface area contributed by atoms with E-state index in [1.54, 1.807) is 7.05 Å². The molecule has 0 aliphatic carbocycles. The average molecular weight is 436 g/mol. The maximum atomic E-state index is 12.5. The molecule has 0 atom stereocenters. The molecule has 0 spiro atoms. The number of hydrogen-bond donors (Lipinski definition) is 0. The van der Waals surface area contributed by atoms with Crippen LogP contribution in [0.2, 0.25) is 18.1 Å². The van der Waals surface area contributed by atoms with Crippen molar-refractivity contribution in [2.45, 2.75) is 50.0 Å². The van der Waals surface area contributed by atoms with E-state index in [0.717, 1.165) is 16.5 Å². The van der Waals surface area contributed by atoms with E-state index in [4.69, 9.17) is 4.43 Å². The van der Waals surface area contributed by atoms with Crippen molar-refractivity contribution in [3.8, 4) is 0 Å². The first kappa shape index (κ1) is 21.8. The van der Waals surface area contributed by atoms with Crippen molar-refractivity contribution in [3.05, 3.63) is 35.4 Å². The molecule has 0 N–H and O–H groups in total. The molecular formula is C17H30BrNO3SSi. The molecule has 1 aromatic carbocycles. The van der Waals surface area contributed by atoms with Crippen molar-refractivity contribution in [2.75, 3.05) is 20.2 Å². The van der Waals surface area contributed by atoms with E-state index >= 15 is 0 Å². The van der Waals surface area contributed by atoms with Gasteiger partial charge < -0.3 is 4.43 Å². The zero-order chi connectivity index (χ0) is 18.6. The Balaban J connectivity index is 2.64. The first-order chi connectivity index (χ1) is 10.9. The summed E-state index contributed by atoms with van der Waals surface area (Å²) < 4.78 is 32.5. The third kappa shape index (κ3) is 6.26. The number of hydrogen-bond acceptors (Lipinski definition) is 3. The van der Waals surface area contributed by atoms with Gasteiger partial charge >= 0.3 is 0 Å². The molecular weight excluding hydrogens is 406 g/mol. The molecule has 0 heterocycles. The van der Waals surface area contributed by atoms with Crippen molar-refractivity contribution in [3.63, 3.8) is 0 Å². The number of nitrogens with zero attached hydrogens (tertiary/aromatic N) is 1. The fourth-order valence-corrected chi connectivity index (χ4v) is 4.47. The molecule has 0 amide bonds. The van der Waals surface area contributed by atoms with Gasteiger partial charge in [-0.2, -0.15) is 0 Å². The van der Waals surface area contributed by atoms with Crippen LogP contribution in [0.15, 0.2) is 24.3 Å². The molecule has 0 bridgehead atoms. The lowest BCUT2D eigenvalue weighted by Gasteiger charge is -2.36. The van der Waals surface area contributed by atoms with Crippen LogP contribution >= 0.6 is 15.9 Å². The standard InChI is InChI=1S/C17H30BrNO3SSi/c1-17(2,3)24(5,6)22-11-10-19(4)23(20,21)14-16-9-7-8-15(12-16)13-18/h7-9,12H,10-11,13-14H2,1-6H3. The normalized spacial score (nSPS) is 13.5. The molecule has 138 valence electrons. The summed E-state index contributed by atoms with van der Waals surface area (Å²) in [5.74, 6) is 0.0183. The highest BCUT2D eigenvalue weighted by atomic mass is 79.9. The van der Waals surface area contributed by atoms with E-state index in [9.17, 15) is 8.42 Å². The van der Waals surface area contributed by atoms with E-state index in [-0.39, 0.29) is 10.8 Å². The Bertz CT molecular complexity index is 641. The minimum absolute atomic E-state index is 0.0183. The third-order valence-electron chi connectivity index (χ3n) is 4.64. The quantitative estimate of drug-likeness (QED) is 0.449. The Labute approximate surface area is 156 Å². The van der Waals surface area contributed by atoms with Gasteiger partial charge in [-0.3, -0.25) is 0 Å². The minimum Gasteiger partial charge on any atom is -0.415 e. The molecule has 24 heavy (non-hydrogen) atoms. The van der Waals surface area contributed by atoms with Gasteiger partial charge in [0, 0.05) is 25.5 Å². The summed E-state index contributed by atoms with van der Waals surface area (Å²) in [6, 6.07) is 7.64. The number of sulfonamides is 1. The lowest BCUT2D eigenvalue weighted by molar-refractivity contribution is 0.263. The van der Waals surface area contributed by atoms with Crippen molar-refractivity contribution < 1.29 is 12.8 Å². The van der Waals surface area contributed by atoms with Gasteiger partial charge in [-0.15, -0.1) is 0 Å². The van der Waals surface area contributed by atoms with Gasteiger partial charge in [0.25, 0.3) is 0 Å². The van der Waals surface area contributed by atoms with Gasteiger partial charge in [-0.25, -0.2) is 12.7 Å². The highest BCUT2D eigenvalue weighted by molar-refractivity contribution is 9.08. The van der Waals surface area contributed by atoms with Crippen LogP contribution in [0.5, 0.6) is 0 Å². The number of benzene rings is 1. The highest BCUT2D eigenvalue weighted by Crippen LogP contribution is 2.36. The summed E-state index contributed by atoms with van der Waals surface area (Å²) >= 11 is 3.40. The van der Waals surface area contributed by atoms with E-state index in [1.807, 2.05) is 24.3 Å². The maximum Gasteiger partial charge on any atom is 0.218 e. The first-order valence-corrected chi connectivity index (χ1v) is 13.7. The van der Waals surface area contributed by atoms with Crippen molar-refractivity contribution in [1.29, 1.82) is 0 Å². The van der Waals surface area contributed by atoms with Gasteiger partial charge in [0.05, 0.1) is 5.75 Å². The number of rotatable bonds is 8. The minimum atomic E-state index is -3.34. The predicted molar refractivity (Wildman–Crippen MR) is 107 cm³/mol. The second kappa shape index (κ2) is 8.45. The van der Waals surface area contributed by atoms with E-state index in [2.05, 4.69) is 49.8 Å². The molecule has 0 radical (unpaired) electrons. The summed E-state index contributed by atoms with van der Waals surface area (Å²) in [7, 11) is -3.56. The fourth-order valence-electron chi connectivity index (χ4n) is 1.91. The van der Waals surface area contributed by atoms with Crippen LogP contribution in [0.3, 0.4) is 0 Å². The number of likely N-dealkylation sites (N-methyl/N-ethyl adjacent to an activating group) is 1. The van der Waals surface area contributed by atoms with Gasteiger partial charge in [0.2, 0.25) is 10.0 Å². The maximum absolute atomic E-state index is 12.5. The average Bonchev–Trinajstić information content (AvgIpc) is 2.45. The lowest BCUT2D eigenvalue weighted by Crippen LogP contribution is -2.43. The monoisotopic (exact) mass is 435 g/mol. The van der Waals surface area contributed by atoms with Crippen LogP contribution < -0.4 is 0 Å². The van der Waals surface area contributed by atoms with Crippen LogP contribution in [0.25, 0.3) is 0 Å². The summed E-state index contributed by atoms with van der Waals surface area (Å²) in [4.78, 5) is 0. The SMILES string of the molecule is CN(CCO[Si](C)(C)C(C)(C)C)S(=O)(=O)Cc1cccc(CBr)c1. The second-order valence-electron chi connectivity index (χ2n) is 7.64. The second-order valence-corrected chi connectivity index (χ2v) is 15.1. The molecule has 0 saturated carbocycles. The Morgan fingerprint density at radius 1 is 1.21 bits per heavy atom. The Kier molecular flexibility index (Phi) is 7.68. The van der Waals surface area contributed by atoms with Crippen molar-refractivity contribution in [2.24, 2.45) is 0 Å². The topological polar surface area (TPSA) is 46.6 Å².